The molecule has 0 bridgehead atoms. The number of hydrogen-bond acceptors (Lipinski definition) is 5. The van der Waals surface area contributed by atoms with Gasteiger partial charge in [-0.05, 0) is 56.6 Å². The molecular weight excluding hydrogens is 364 g/mol. The van der Waals surface area contributed by atoms with Crippen molar-refractivity contribution < 1.29 is 19.0 Å². The van der Waals surface area contributed by atoms with Gasteiger partial charge >= 0.3 is 5.97 Å². The van der Waals surface area contributed by atoms with E-state index >= 15 is 0 Å². The summed E-state index contributed by atoms with van der Waals surface area (Å²) in [6.07, 6.45) is 0. The summed E-state index contributed by atoms with van der Waals surface area (Å²) in [5.74, 6) is 1.20. The molecule has 6 nitrogen and oxygen atoms in total. The van der Waals surface area contributed by atoms with E-state index in [1.165, 1.54) is 0 Å². The lowest BCUT2D eigenvalue weighted by Crippen LogP contribution is -2.45. The van der Waals surface area contributed by atoms with Crippen LogP contribution in [0.2, 0.25) is 0 Å². The number of esters is 1. The van der Waals surface area contributed by atoms with Crippen molar-refractivity contribution in [2.75, 3.05) is 19.8 Å². The highest BCUT2D eigenvalue weighted by molar-refractivity contribution is 7.80. The first-order valence-electron chi connectivity index (χ1n) is 9.22. The zero-order valence-electron chi connectivity index (χ0n) is 16.5. The molecule has 1 aromatic carbocycles. The van der Waals surface area contributed by atoms with Crippen LogP contribution < -0.4 is 20.1 Å². The number of carbonyl (C=O) groups excluding carboxylic acids is 1. The van der Waals surface area contributed by atoms with Crippen molar-refractivity contribution >= 4 is 23.3 Å². The fourth-order valence-corrected chi connectivity index (χ4v) is 3.05. The van der Waals surface area contributed by atoms with Crippen molar-refractivity contribution in [3.05, 3.63) is 35.0 Å². The van der Waals surface area contributed by atoms with Crippen molar-refractivity contribution in [3.63, 3.8) is 0 Å². The highest BCUT2D eigenvalue weighted by Gasteiger charge is 2.31. The zero-order chi connectivity index (χ0) is 20.0. The van der Waals surface area contributed by atoms with E-state index in [-0.39, 0.29) is 11.9 Å². The van der Waals surface area contributed by atoms with Crippen molar-refractivity contribution in [3.8, 4) is 11.5 Å². The molecule has 0 aliphatic carbocycles. The Labute approximate surface area is 166 Å². The molecule has 148 valence electrons. The number of rotatable bonds is 8. The predicted molar refractivity (Wildman–Crippen MR) is 109 cm³/mol. The second-order valence-corrected chi connectivity index (χ2v) is 7.04. The first-order chi connectivity index (χ1) is 12.9. The van der Waals surface area contributed by atoms with Gasteiger partial charge in [0.05, 0.1) is 31.4 Å². The third-order valence-electron chi connectivity index (χ3n) is 3.94. The fraction of sp³-hybridized carbons (Fsp3) is 0.500. The normalized spacial score (nSPS) is 16.7. The highest BCUT2D eigenvalue weighted by atomic mass is 32.1. The van der Waals surface area contributed by atoms with Crippen molar-refractivity contribution in [2.24, 2.45) is 5.92 Å². The Hall–Kier alpha value is -2.28. The Kier molecular flexibility index (Phi) is 7.47. The molecule has 0 amide bonds. The molecule has 0 saturated carbocycles. The van der Waals surface area contributed by atoms with E-state index in [9.17, 15) is 4.79 Å². The van der Waals surface area contributed by atoms with Gasteiger partial charge in [0.2, 0.25) is 0 Å². The molecule has 2 rings (SSSR count). The average molecular weight is 393 g/mol. The summed E-state index contributed by atoms with van der Waals surface area (Å²) in [5.41, 5.74) is 2.04. The molecule has 1 heterocycles. The molecule has 0 aromatic heterocycles. The number of thiocarbonyl (C=S) groups is 1. The average Bonchev–Trinajstić information content (AvgIpc) is 2.61. The number of carbonyl (C=O) groups is 1. The van der Waals surface area contributed by atoms with Gasteiger partial charge in [-0.3, -0.25) is 0 Å². The quantitative estimate of drug-likeness (QED) is 0.518. The number of hydrogen-bond donors (Lipinski definition) is 2. The third kappa shape index (κ3) is 5.35. The van der Waals surface area contributed by atoms with Gasteiger partial charge in [-0.2, -0.15) is 0 Å². The molecule has 0 saturated heterocycles. The molecule has 1 aromatic rings. The van der Waals surface area contributed by atoms with Gasteiger partial charge in [-0.1, -0.05) is 19.9 Å². The van der Waals surface area contributed by atoms with Crippen LogP contribution in [0.4, 0.5) is 0 Å². The summed E-state index contributed by atoms with van der Waals surface area (Å²) in [6.45, 7) is 11.1. The fourth-order valence-electron chi connectivity index (χ4n) is 2.78. The summed E-state index contributed by atoms with van der Waals surface area (Å²) in [6, 6.07) is 5.21. The molecule has 0 unspecified atom stereocenters. The van der Waals surface area contributed by atoms with Crippen LogP contribution >= 0.6 is 12.2 Å². The van der Waals surface area contributed by atoms with Crippen LogP contribution in [-0.4, -0.2) is 30.9 Å². The smallest absolute Gasteiger partial charge is 0.338 e. The van der Waals surface area contributed by atoms with Gasteiger partial charge in [0.25, 0.3) is 0 Å². The van der Waals surface area contributed by atoms with Crippen LogP contribution in [0, 0.1) is 5.92 Å². The van der Waals surface area contributed by atoms with E-state index in [0.29, 0.717) is 47.7 Å². The van der Waals surface area contributed by atoms with Crippen molar-refractivity contribution in [2.45, 2.75) is 40.7 Å². The Morgan fingerprint density at radius 3 is 2.48 bits per heavy atom. The van der Waals surface area contributed by atoms with Gasteiger partial charge in [-0.15, -0.1) is 0 Å². The van der Waals surface area contributed by atoms with Crippen molar-refractivity contribution in [1.82, 2.24) is 10.6 Å². The van der Waals surface area contributed by atoms with E-state index in [1.54, 1.807) is 0 Å². The van der Waals surface area contributed by atoms with Crippen LogP contribution in [0.1, 0.15) is 46.2 Å². The number of nitrogens with one attached hydrogen (secondary N) is 2. The molecule has 0 spiro atoms. The maximum atomic E-state index is 12.7. The van der Waals surface area contributed by atoms with Gasteiger partial charge in [0.1, 0.15) is 0 Å². The Morgan fingerprint density at radius 2 is 1.85 bits per heavy atom. The third-order valence-corrected chi connectivity index (χ3v) is 4.16. The van der Waals surface area contributed by atoms with Gasteiger partial charge in [0.15, 0.2) is 16.6 Å². The van der Waals surface area contributed by atoms with Gasteiger partial charge in [0, 0.05) is 5.70 Å². The summed E-state index contributed by atoms with van der Waals surface area (Å²) in [5, 5.41) is 6.64. The van der Waals surface area contributed by atoms with Crippen molar-refractivity contribution in [1.29, 1.82) is 0 Å². The summed E-state index contributed by atoms with van der Waals surface area (Å²) >= 11 is 5.29. The molecule has 7 heteroatoms. The minimum atomic E-state index is -0.423. The largest absolute Gasteiger partial charge is 0.490 e. The Morgan fingerprint density at radius 1 is 1.19 bits per heavy atom. The molecular formula is C20H28N2O4S. The minimum absolute atomic E-state index is 0.258. The Balaban J connectivity index is 2.40. The van der Waals surface area contributed by atoms with E-state index in [1.807, 2.05) is 52.8 Å². The zero-order valence-corrected chi connectivity index (χ0v) is 17.4. The van der Waals surface area contributed by atoms with Crippen LogP contribution in [0.15, 0.2) is 29.5 Å². The highest BCUT2D eigenvalue weighted by Crippen LogP contribution is 2.34. The minimum Gasteiger partial charge on any atom is -0.490 e. The lowest BCUT2D eigenvalue weighted by atomic mass is 9.95. The maximum absolute atomic E-state index is 12.7. The first-order valence-corrected chi connectivity index (χ1v) is 9.63. The number of allylic oxidation sites excluding steroid dienone is 1. The topological polar surface area (TPSA) is 68.8 Å². The van der Waals surface area contributed by atoms with E-state index in [0.717, 1.165) is 5.56 Å². The molecule has 27 heavy (non-hydrogen) atoms. The van der Waals surface area contributed by atoms with Gasteiger partial charge in [-0.25, -0.2) is 4.79 Å². The molecule has 2 N–H and O–H groups in total. The summed E-state index contributed by atoms with van der Waals surface area (Å²) in [7, 11) is 0. The molecule has 0 fully saturated rings. The molecule has 1 atom stereocenters. The first kappa shape index (κ1) is 21.0. The van der Waals surface area contributed by atoms with E-state index in [2.05, 4.69) is 10.6 Å². The molecule has 0 radical (unpaired) electrons. The van der Waals surface area contributed by atoms with E-state index in [4.69, 9.17) is 26.4 Å². The molecule has 1 aliphatic rings. The maximum Gasteiger partial charge on any atom is 0.338 e. The van der Waals surface area contributed by atoms with E-state index < -0.39 is 6.04 Å². The standard InChI is InChI=1S/C20H28N2O4S/c1-6-24-15-9-8-14(10-16(15)25-7-2)18-17(13(5)21-20(27)22-18)19(23)26-11-12(3)4/h8-10,12,18H,6-7,11H2,1-5H3,(H2,21,22,27)/t18-/m1/s1. The van der Waals surface area contributed by atoms with Crippen LogP contribution in [0.25, 0.3) is 0 Å². The van der Waals surface area contributed by atoms with Gasteiger partial charge < -0.3 is 24.8 Å². The summed E-state index contributed by atoms with van der Waals surface area (Å²) in [4.78, 5) is 12.7. The van der Waals surface area contributed by atoms with Crippen LogP contribution in [0.5, 0.6) is 11.5 Å². The lowest BCUT2D eigenvalue weighted by Gasteiger charge is -2.30. The second kappa shape index (κ2) is 9.60. The SMILES string of the molecule is CCOc1ccc([C@H]2NC(=S)NC(C)=C2C(=O)OCC(C)C)cc1OCC. The summed E-state index contributed by atoms with van der Waals surface area (Å²) < 4.78 is 16.8. The molecule has 1 aliphatic heterocycles. The lowest BCUT2D eigenvalue weighted by molar-refractivity contribution is -0.140. The number of benzene rings is 1. The van der Waals surface area contributed by atoms with Crippen LogP contribution in [0.3, 0.4) is 0 Å². The second-order valence-electron chi connectivity index (χ2n) is 6.63. The number of ether oxygens (including phenoxy) is 3. The van der Waals surface area contributed by atoms with Crippen LogP contribution in [-0.2, 0) is 9.53 Å². The predicted octanol–water partition coefficient (Wildman–Crippen LogP) is 3.48. The Bertz CT molecular complexity index is 731. The monoisotopic (exact) mass is 392 g/mol.